The number of hydrogen-bond donors (Lipinski definition) is 3. The summed E-state index contributed by atoms with van der Waals surface area (Å²) in [6.07, 6.45) is 3.33. The number of cyclic esters (lactones) is 1. The first kappa shape index (κ1) is 38.7. The molecule has 0 unspecified atom stereocenters. The van der Waals surface area contributed by atoms with E-state index in [0.29, 0.717) is 43.5 Å². The molecule has 11 heteroatoms. The van der Waals surface area contributed by atoms with Crippen LogP contribution in [0, 0.1) is 5.41 Å². The van der Waals surface area contributed by atoms with Crippen LogP contribution in [-0.2, 0) is 43.2 Å². The van der Waals surface area contributed by atoms with E-state index in [4.69, 9.17) is 14.5 Å². The lowest BCUT2D eigenvalue weighted by molar-refractivity contribution is -0.155. The molecule has 6 bridgehead atoms. The van der Waals surface area contributed by atoms with Gasteiger partial charge in [0.25, 0.3) is 5.91 Å². The topological polar surface area (TPSA) is 135 Å². The molecule has 0 aliphatic carbocycles. The molecule has 3 atom stereocenters. The summed E-state index contributed by atoms with van der Waals surface area (Å²) in [5.41, 5.74) is 11.3. The Morgan fingerprint density at radius 1 is 1.13 bits per heavy atom. The lowest BCUT2D eigenvalue weighted by Gasteiger charge is -2.35. The highest BCUT2D eigenvalue weighted by Crippen LogP contribution is 2.42. The van der Waals surface area contributed by atoms with Crippen LogP contribution < -0.4 is 10.7 Å². The highest BCUT2D eigenvalue weighted by Gasteiger charge is 2.35. The molecule has 0 saturated carbocycles. The smallest absolute Gasteiger partial charge is 0.324 e. The number of aryl methyl sites for hydroxylation is 1. The van der Waals surface area contributed by atoms with Crippen LogP contribution >= 0.6 is 0 Å². The first-order chi connectivity index (χ1) is 25.7. The Morgan fingerprint density at radius 3 is 2.63 bits per heavy atom. The third-order valence-corrected chi connectivity index (χ3v) is 10.8. The fraction of sp³-hybridized carbons (Fsp3) is 0.442. The maximum absolute atomic E-state index is 14.2. The average molecular weight is 736 g/mol. The molecule has 2 aliphatic rings. The molecule has 2 amide bonds. The van der Waals surface area contributed by atoms with E-state index in [1.54, 1.807) is 32.4 Å². The second-order valence-electron chi connectivity index (χ2n) is 15.6. The number of esters is 1. The van der Waals surface area contributed by atoms with Gasteiger partial charge in [-0.1, -0.05) is 31.6 Å². The van der Waals surface area contributed by atoms with Crippen molar-refractivity contribution in [3.8, 4) is 28.1 Å². The lowest BCUT2D eigenvalue weighted by atomic mass is 9.84. The number of hydrazine groups is 1. The largest absolute Gasteiger partial charge is 0.508 e. The van der Waals surface area contributed by atoms with Crippen LogP contribution in [0.4, 0.5) is 0 Å². The Balaban J connectivity index is 1.55. The number of nitrogens with zero attached hydrogens (tertiary/aromatic N) is 3. The van der Waals surface area contributed by atoms with Crippen molar-refractivity contribution in [1.82, 2.24) is 25.3 Å². The predicted octanol–water partition coefficient (Wildman–Crippen LogP) is 6.81. The van der Waals surface area contributed by atoms with Crippen molar-refractivity contribution in [3.05, 3.63) is 82.7 Å². The highest BCUT2D eigenvalue weighted by atomic mass is 16.5. The molecule has 6 rings (SSSR count). The van der Waals surface area contributed by atoms with Gasteiger partial charge < -0.3 is 24.5 Å². The van der Waals surface area contributed by atoms with Crippen LogP contribution in [0.1, 0.15) is 84.2 Å². The first-order valence-corrected chi connectivity index (χ1v) is 18.9. The van der Waals surface area contributed by atoms with Gasteiger partial charge in [0, 0.05) is 60.3 Å². The number of aromatic nitrogens is 2. The molecular weight excluding hydrogens is 683 g/mol. The summed E-state index contributed by atoms with van der Waals surface area (Å²) in [6.45, 7) is 15.0. The van der Waals surface area contributed by atoms with E-state index in [1.807, 2.05) is 39.0 Å². The average Bonchev–Trinajstić information content (AvgIpc) is 3.46. The number of fused-ring (bicyclic) bond motifs is 6. The van der Waals surface area contributed by atoms with Crippen LogP contribution in [0.25, 0.3) is 33.3 Å². The summed E-state index contributed by atoms with van der Waals surface area (Å²) in [7, 11) is 1.68. The molecule has 3 N–H and O–H groups in total. The summed E-state index contributed by atoms with van der Waals surface area (Å²) in [5.74, 6) is -1.10. The maximum Gasteiger partial charge on any atom is 0.324 e. The third-order valence-electron chi connectivity index (χ3n) is 10.8. The molecule has 2 aliphatic heterocycles. The minimum absolute atomic E-state index is 0.0515. The molecule has 4 aromatic rings. The summed E-state index contributed by atoms with van der Waals surface area (Å²) < 4.78 is 14.1. The van der Waals surface area contributed by atoms with E-state index >= 15 is 0 Å². The van der Waals surface area contributed by atoms with E-state index in [1.165, 1.54) is 5.01 Å². The number of carbonyl (C=O) groups is 3. The molecule has 4 heterocycles. The van der Waals surface area contributed by atoms with Crippen LogP contribution in [0.3, 0.4) is 0 Å². The summed E-state index contributed by atoms with van der Waals surface area (Å²) in [6, 6.07) is 14.0. The predicted molar refractivity (Wildman–Crippen MR) is 209 cm³/mol. The van der Waals surface area contributed by atoms with Gasteiger partial charge in [0.05, 0.1) is 24.1 Å². The van der Waals surface area contributed by atoms with Crippen LogP contribution in [0.2, 0.25) is 0 Å². The number of hydrogen-bond acceptors (Lipinski definition) is 8. The van der Waals surface area contributed by atoms with Crippen molar-refractivity contribution < 1.29 is 29.0 Å². The molecule has 2 aromatic heterocycles. The van der Waals surface area contributed by atoms with Crippen molar-refractivity contribution in [2.45, 2.75) is 98.9 Å². The van der Waals surface area contributed by atoms with Gasteiger partial charge in [-0.05, 0) is 113 Å². The Bertz CT molecular complexity index is 2110. The molecule has 11 nitrogen and oxygen atoms in total. The number of carbonyl (C=O) groups excluding carboxylic acids is 3. The van der Waals surface area contributed by atoms with Gasteiger partial charge in [-0.2, -0.15) is 0 Å². The quantitative estimate of drug-likeness (QED) is 0.145. The number of ether oxygens (including phenoxy) is 2. The Kier molecular flexibility index (Phi) is 11.3. The number of amides is 2. The lowest BCUT2D eigenvalue weighted by Crippen LogP contribution is -2.60. The minimum atomic E-state index is -0.972. The molecule has 286 valence electrons. The normalized spacial score (nSPS) is 19.5. The molecule has 1 fully saturated rings. The summed E-state index contributed by atoms with van der Waals surface area (Å²) in [4.78, 5) is 46.0. The van der Waals surface area contributed by atoms with E-state index < -0.39 is 23.5 Å². The van der Waals surface area contributed by atoms with Crippen molar-refractivity contribution in [2.75, 3.05) is 20.3 Å². The van der Waals surface area contributed by atoms with Crippen LogP contribution in [0.15, 0.2) is 65.9 Å². The molecule has 54 heavy (non-hydrogen) atoms. The Labute approximate surface area is 317 Å². The molecule has 0 spiro atoms. The van der Waals surface area contributed by atoms with E-state index in [2.05, 4.69) is 54.3 Å². The van der Waals surface area contributed by atoms with Crippen molar-refractivity contribution in [1.29, 1.82) is 0 Å². The first-order valence-electron chi connectivity index (χ1n) is 18.9. The van der Waals surface area contributed by atoms with Crippen LogP contribution in [0.5, 0.6) is 5.75 Å². The third kappa shape index (κ3) is 7.93. The number of rotatable bonds is 6. The van der Waals surface area contributed by atoms with Gasteiger partial charge in [-0.3, -0.25) is 24.4 Å². The zero-order valence-corrected chi connectivity index (χ0v) is 32.7. The molecule has 0 radical (unpaired) electrons. The summed E-state index contributed by atoms with van der Waals surface area (Å²) in [5, 5.41) is 16.5. The SMILES string of the molecule is CCn1c(-c2cccnc2[C@H](C)OC)c2c3cc(ccc31)-c1cc(O)cc(c1)C[C@H](NC(=O)C(C)=C(C)C)C(=O)N1CCC[C@H](N1)C(=O)OCC(C)(C)C2. The number of phenolic OH excluding ortho intramolecular Hbond substituents is 1. The minimum Gasteiger partial charge on any atom is -0.508 e. The fourth-order valence-electron chi connectivity index (χ4n) is 7.56. The number of aromatic hydroxyl groups is 1. The van der Waals surface area contributed by atoms with Gasteiger partial charge in [-0.15, -0.1) is 0 Å². The zero-order chi connectivity index (χ0) is 38.9. The number of nitrogens with one attached hydrogen (secondary N) is 2. The number of benzene rings is 2. The van der Waals surface area contributed by atoms with E-state index in [-0.39, 0.29) is 36.7 Å². The number of pyridine rings is 1. The van der Waals surface area contributed by atoms with Crippen molar-refractivity contribution in [3.63, 3.8) is 0 Å². The molecule has 1 saturated heterocycles. The standard InChI is InChI=1S/C43H53N5O6/c1-9-47-37-15-14-29-22-33(37)34(39(47)32-12-10-16-44-38(32)27(5)53-8)23-43(6,7)24-54-42(52)35-13-11-17-48(46-35)41(51)36(45-40(50)26(4)25(2)3)20-28-18-30(29)21-31(49)19-28/h10,12,14-16,18-19,21-22,27,35-36,46,49H,9,11,13,17,20,23-24H2,1-8H3,(H,45,50)/t27-,35-,36-/m0/s1. The van der Waals surface area contributed by atoms with E-state index in [9.17, 15) is 19.5 Å². The van der Waals surface area contributed by atoms with Crippen molar-refractivity contribution in [2.24, 2.45) is 5.41 Å². The van der Waals surface area contributed by atoms with Gasteiger partial charge in [-0.25, -0.2) is 5.43 Å². The highest BCUT2D eigenvalue weighted by molar-refractivity contribution is 5.97. The fourth-order valence-corrected chi connectivity index (χ4v) is 7.56. The maximum atomic E-state index is 14.2. The van der Waals surface area contributed by atoms with Gasteiger partial charge in [0.15, 0.2) is 0 Å². The molecule has 2 aromatic carbocycles. The van der Waals surface area contributed by atoms with Gasteiger partial charge in [0.1, 0.15) is 17.8 Å². The van der Waals surface area contributed by atoms with Crippen molar-refractivity contribution >= 4 is 28.7 Å². The van der Waals surface area contributed by atoms with Crippen LogP contribution in [-0.4, -0.2) is 69.8 Å². The number of phenols is 1. The van der Waals surface area contributed by atoms with Gasteiger partial charge >= 0.3 is 5.97 Å². The second kappa shape index (κ2) is 15.8. The van der Waals surface area contributed by atoms with Gasteiger partial charge in [0.2, 0.25) is 5.91 Å². The number of allylic oxidation sites excluding steroid dienone is 1. The Hall–Kier alpha value is -5.00. The Morgan fingerprint density at radius 2 is 1.91 bits per heavy atom. The molecular formula is C43H53N5O6. The zero-order valence-electron chi connectivity index (χ0n) is 32.7. The second-order valence-corrected chi connectivity index (χ2v) is 15.6. The monoisotopic (exact) mass is 735 g/mol. The van der Waals surface area contributed by atoms with E-state index in [0.717, 1.165) is 50.1 Å². The summed E-state index contributed by atoms with van der Waals surface area (Å²) >= 11 is 0. The number of methoxy groups -OCH3 is 1.